The molecule has 2 fully saturated rings. The average molecular weight is 938 g/mol. The van der Waals surface area contributed by atoms with Gasteiger partial charge in [-0.1, -0.05) is 40.3 Å². The Kier molecular flexibility index (Phi) is 14.9. The number of carbonyl (C=O) groups excluding carboxylic acids is 5. The molecular formula is C50H67N9O7S. The molecule has 67 heavy (non-hydrogen) atoms. The maximum atomic E-state index is 14.7. The summed E-state index contributed by atoms with van der Waals surface area (Å²) < 4.78 is 14.2. The number of urea groups is 1. The number of esters is 1. The second kappa shape index (κ2) is 20.3. The van der Waals surface area contributed by atoms with E-state index in [1.165, 1.54) is 27.3 Å². The zero-order valence-electron chi connectivity index (χ0n) is 40.6. The molecule has 360 valence electrons. The molecular weight excluding hydrogens is 871 g/mol. The molecule has 1 saturated carbocycles. The predicted molar refractivity (Wildman–Crippen MR) is 259 cm³/mol. The van der Waals surface area contributed by atoms with Crippen LogP contribution < -0.4 is 10.7 Å². The van der Waals surface area contributed by atoms with E-state index in [2.05, 4.69) is 66.9 Å². The number of likely N-dealkylation sites (N-methyl/N-ethyl adjacent to an activating group) is 2. The lowest BCUT2D eigenvalue weighted by Crippen LogP contribution is -2.63. The number of rotatable bonds is 11. The third-order valence-corrected chi connectivity index (χ3v) is 14.7. The largest absolute Gasteiger partial charge is 0.464 e. The molecule has 2 N–H and O–H groups in total. The number of amides is 5. The number of ether oxygens (including phenoxy) is 2. The Bertz CT molecular complexity index is 2510. The molecule has 3 aliphatic rings. The Morgan fingerprint density at radius 3 is 2.52 bits per heavy atom. The van der Waals surface area contributed by atoms with Gasteiger partial charge in [0.2, 0.25) is 11.8 Å². The number of hydrogen-bond acceptors (Lipinski definition) is 11. The van der Waals surface area contributed by atoms with E-state index in [0.717, 1.165) is 44.7 Å². The number of pyridine rings is 1. The molecule has 2 aliphatic heterocycles. The van der Waals surface area contributed by atoms with Gasteiger partial charge in [-0.05, 0) is 87.8 Å². The molecule has 17 heteroatoms. The monoisotopic (exact) mass is 937 g/mol. The topological polar surface area (TPSA) is 172 Å². The minimum absolute atomic E-state index is 0.0145. The molecule has 6 bridgehead atoms. The first kappa shape index (κ1) is 49.3. The summed E-state index contributed by atoms with van der Waals surface area (Å²) in [7, 11) is 6.72. The maximum Gasteiger partial charge on any atom is 0.324 e. The minimum Gasteiger partial charge on any atom is -0.464 e. The normalized spacial score (nSPS) is 21.7. The Morgan fingerprint density at radius 2 is 1.84 bits per heavy atom. The third kappa shape index (κ3) is 10.1. The van der Waals surface area contributed by atoms with Crippen LogP contribution in [0.1, 0.15) is 89.6 Å². The van der Waals surface area contributed by atoms with Crippen LogP contribution in [0.15, 0.2) is 54.6 Å². The van der Waals surface area contributed by atoms with Crippen LogP contribution in [-0.4, -0.2) is 136 Å². The van der Waals surface area contributed by atoms with Gasteiger partial charge in [-0.3, -0.25) is 29.2 Å². The number of hydrogen-bond donors (Lipinski definition) is 2. The van der Waals surface area contributed by atoms with E-state index >= 15 is 0 Å². The quantitative estimate of drug-likeness (QED) is 0.127. The summed E-state index contributed by atoms with van der Waals surface area (Å²) in [6.07, 6.45) is 5.67. The highest BCUT2D eigenvalue weighted by atomic mass is 32.1. The van der Waals surface area contributed by atoms with Crippen molar-refractivity contribution in [2.24, 2.45) is 11.3 Å². The molecule has 1 unspecified atom stereocenters. The van der Waals surface area contributed by atoms with E-state index in [-0.39, 0.29) is 49.1 Å². The van der Waals surface area contributed by atoms with E-state index in [4.69, 9.17) is 19.4 Å². The zero-order valence-corrected chi connectivity index (χ0v) is 41.4. The summed E-state index contributed by atoms with van der Waals surface area (Å²) in [6.45, 7) is 16.8. The van der Waals surface area contributed by atoms with Crippen molar-refractivity contribution in [1.82, 2.24) is 45.0 Å². The SMILES string of the molecule is C=CC(=O)N(C)C1CC(N(C)C(=O)N(C)C(C(=O)N[C@H]2Cc3nc(cs3)-c3ccc4c(c3)c(c(-c3cccnc3[C@H](C)OC)n4CC)CC(C)(C)COC(=O)[C@@H]3CCCN(N3)C2=O)C(C)C)C1. The summed E-state index contributed by atoms with van der Waals surface area (Å²) in [4.78, 5) is 83.8. The molecule has 4 aromatic rings. The number of methoxy groups -OCH3 is 1. The van der Waals surface area contributed by atoms with Gasteiger partial charge in [0.25, 0.3) is 5.91 Å². The fourth-order valence-electron chi connectivity index (χ4n) is 9.79. The molecule has 3 aromatic heterocycles. The van der Waals surface area contributed by atoms with Crippen LogP contribution in [0, 0.1) is 11.3 Å². The second-order valence-corrected chi connectivity index (χ2v) is 20.3. The van der Waals surface area contributed by atoms with Crippen molar-refractivity contribution in [3.63, 3.8) is 0 Å². The van der Waals surface area contributed by atoms with Crippen molar-refractivity contribution >= 4 is 52.0 Å². The number of aromatic nitrogens is 3. The first-order valence-corrected chi connectivity index (χ1v) is 24.3. The molecule has 4 atom stereocenters. The van der Waals surface area contributed by atoms with Crippen LogP contribution in [0.25, 0.3) is 33.4 Å². The molecule has 5 heterocycles. The van der Waals surface area contributed by atoms with Crippen LogP contribution in [0.4, 0.5) is 4.79 Å². The lowest BCUT2D eigenvalue weighted by atomic mass is 9.84. The molecule has 16 nitrogen and oxygen atoms in total. The molecule has 7 rings (SSSR count). The van der Waals surface area contributed by atoms with E-state index in [9.17, 15) is 24.0 Å². The van der Waals surface area contributed by atoms with Gasteiger partial charge >= 0.3 is 12.0 Å². The summed E-state index contributed by atoms with van der Waals surface area (Å²) in [6, 6.07) is 7.13. The van der Waals surface area contributed by atoms with E-state index < -0.39 is 41.3 Å². The number of cyclic esters (lactones) is 1. The Balaban J connectivity index is 1.23. The fourth-order valence-corrected chi connectivity index (χ4v) is 10.6. The predicted octanol–water partition coefficient (Wildman–Crippen LogP) is 6.39. The van der Waals surface area contributed by atoms with Crippen LogP contribution in [-0.2, 0) is 48.0 Å². The highest BCUT2D eigenvalue weighted by molar-refractivity contribution is 7.10. The van der Waals surface area contributed by atoms with Crippen molar-refractivity contribution in [1.29, 1.82) is 0 Å². The number of benzene rings is 1. The van der Waals surface area contributed by atoms with Gasteiger partial charge in [0.05, 0.1) is 34.8 Å². The van der Waals surface area contributed by atoms with Crippen LogP contribution in [0.5, 0.6) is 0 Å². The van der Waals surface area contributed by atoms with Crippen molar-refractivity contribution < 1.29 is 33.4 Å². The van der Waals surface area contributed by atoms with Gasteiger partial charge in [-0.15, -0.1) is 11.3 Å². The van der Waals surface area contributed by atoms with Crippen LogP contribution in [0.3, 0.4) is 0 Å². The van der Waals surface area contributed by atoms with Gasteiger partial charge in [-0.25, -0.2) is 15.2 Å². The lowest BCUT2D eigenvalue weighted by molar-refractivity contribution is -0.155. The Labute approximate surface area is 398 Å². The number of nitrogens with zero attached hydrogens (tertiary/aromatic N) is 7. The van der Waals surface area contributed by atoms with Gasteiger partial charge < -0.3 is 34.1 Å². The molecule has 0 spiro atoms. The van der Waals surface area contributed by atoms with Gasteiger partial charge in [0, 0.05) is 98.9 Å². The van der Waals surface area contributed by atoms with Crippen molar-refractivity contribution in [2.75, 3.05) is 41.4 Å². The molecule has 1 saturated heterocycles. The first-order chi connectivity index (χ1) is 31.9. The standard InChI is InChI=1S/C50H67N9O7S/c1-12-42(60)55(8)32-23-33(24-32)56(9)49(64)57(10)44(29(3)4)46(61)53-38-25-41-52-39(27-67-41)31-18-19-40-35(22-31)36(45(58(40)13-2)34-16-14-20-51-43(34)30(5)65-11)26-50(6,7)28-66-48(63)37-17-15-21-59(54-37)47(38)62/h12,14,16,18-20,22,27,29-30,32-33,37-38,44,54H,1,13,15,17,21,23-26,28H2,2-11H3,(H,53,61)/t30-,32?,33?,37-,38-,44?/m0/s1. The minimum atomic E-state index is -1.09. The van der Waals surface area contributed by atoms with E-state index in [1.807, 2.05) is 32.2 Å². The summed E-state index contributed by atoms with van der Waals surface area (Å²) >= 11 is 1.41. The summed E-state index contributed by atoms with van der Waals surface area (Å²) in [5, 5.41) is 8.11. The van der Waals surface area contributed by atoms with Crippen molar-refractivity contribution in [2.45, 2.75) is 123 Å². The Hall–Kier alpha value is -5.65. The smallest absolute Gasteiger partial charge is 0.324 e. The number of carbonyl (C=O) groups is 5. The van der Waals surface area contributed by atoms with E-state index in [1.54, 1.807) is 44.2 Å². The number of aryl methyl sites for hydroxylation is 1. The van der Waals surface area contributed by atoms with E-state index in [0.29, 0.717) is 50.2 Å². The highest BCUT2D eigenvalue weighted by Gasteiger charge is 2.42. The number of thiazole rings is 1. The summed E-state index contributed by atoms with van der Waals surface area (Å²) in [5.41, 5.74) is 9.26. The molecule has 0 radical (unpaired) electrons. The average Bonchev–Trinajstić information content (AvgIpc) is 3.89. The number of hydrazine groups is 1. The van der Waals surface area contributed by atoms with Gasteiger partial charge in [-0.2, -0.15) is 0 Å². The van der Waals surface area contributed by atoms with Crippen LogP contribution in [0.2, 0.25) is 0 Å². The van der Waals surface area contributed by atoms with Crippen molar-refractivity contribution in [3.8, 4) is 22.5 Å². The molecule has 5 amide bonds. The second-order valence-electron chi connectivity index (χ2n) is 19.4. The lowest BCUT2D eigenvalue weighted by Gasteiger charge is -2.46. The third-order valence-electron chi connectivity index (χ3n) is 13.8. The van der Waals surface area contributed by atoms with Gasteiger partial charge in [0.1, 0.15) is 18.1 Å². The fraction of sp³-hybridized carbons (Fsp3) is 0.540. The maximum absolute atomic E-state index is 14.7. The first-order valence-electron chi connectivity index (χ1n) is 23.4. The highest BCUT2D eigenvalue weighted by Crippen LogP contribution is 2.42. The molecule has 1 aliphatic carbocycles. The van der Waals surface area contributed by atoms with Gasteiger partial charge in [0.15, 0.2) is 0 Å². The Morgan fingerprint density at radius 1 is 1.10 bits per heavy atom. The number of nitrogens with one attached hydrogen (secondary N) is 2. The number of fused-ring (bicyclic) bond motifs is 6. The zero-order chi connectivity index (χ0) is 48.5. The summed E-state index contributed by atoms with van der Waals surface area (Å²) in [5.74, 6) is -1.86. The van der Waals surface area contributed by atoms with Crippen LogP contribution >= 0.6 is 11.3 Å². The molecule has 1 aromatic carbocycles. The van der Waals surface area contributed by atoms with Crippen molar-refractivity contribution in [3.05, 3.63) is 70.8 Å².